The van der Waals surface area contributed by atoms with E-state index in [4.69, 9.17) is 0 Å². The second-order valence-electron chi connectivity index (χ2n) is 8.58. The molecule has 1 saturated carbocycles. The first-order chi connectivity index (χ1) is 15.9. The van der Waals surface area contributed by atoms with Crippen LogP contribution in [0.4, 0.5) is 10.1 Å². The number of carbonyl (C=O) groups is 2. The molecule has 2 amide bonds. The van der Waals surface area contributed by atoms with Crippen LogP contribution in [0.5, 0.6) is 0 Å². The molecule has 0 spiro atoms. The zero-order valence-electron chi connectivity index (χ0n) is 17.7. The molecular weight excluding hydrogens is 429 g/mol. The fourth-order valence-corrected chi connectivity index (χ4v) is 4.25. The van der Waals surface area contributed by atoms with Crippen LogP contribution in [-0.2, 0) is 16.1 Å². The van der Waals surface area contributed by atoms with E-state index in [1.807, 2.05) is 0 Å². The van der Waals surface area contributed by atoms with Gasteiger partial charge >= 0.3 is 5.69 Å². The highest BCUT2D eigenvalue weighted by Crippen LogP contribution is 2.33. The Labute approximate surface area is 187 Å². The Morgan fingerprint density at radius 1 is 1.15 bits per heavy atom. The van der Waals surface area contributed by atoms with E-state index in [9.17, 15) is 23.6 Å². The predicted molar refractivity (Wildman–Crippen MR) is 118 cm³/mol. The maximum atomic E-state index is 14.4. The van der Waals surface area contributed by atoms with Crippen LogP contribution in [0.2, 0.25) is 0 Å². The molecule has 0 unspecified atom stereocenters. The molecule has 3 heterocycles. The normalized spacial score (nSPS) is 18.0. The van der Waals surface area contributed by atoms with Crippen LogP contribution in [-0.4, -0.2) is 44.3 Å². The molecule has 2 aliphatic rings. The zero-order chi connectivity index (χ0) is 23.1. The number of para-hydroxylation sites is 1. The van der Waals surface area contributed by atoms with Crippen molar-refractivity contribution in [3.05, 3.63) is 68.9 Å². The molecule has 1 saturated heterocycles. The average Bonchev–Trinajstić information content (AvgIpc) is 3.54. The van der Waals surface area contributed by atoms with Crippen molar-refractivity contribution in [1.29, 1.82) is 0 Å². The number of H-pyrrole nitrogens is 1. The summed E-state index contributed by atoms with van der Waals surface area (Å²) in [5.41, 5.74) is -0.260. The first-order valence-corrected chi connectivity index (χ1v) is 10.9. The Kier molecular flexibility index (Phi) is 5.27. The summed E-state index contributed by atoms with van der Waals surface area (Å²) in [7, 11) is 0. The van der Waals surface area contributed by atoms with E-state index in [-0.39, 0.29) is 30.0 Å². The quantitative estimate of drug-likeness (QED) is 0.570. The predicted octanol–water partition coefficient (Wildman–Crippen LogP) is 1.47. The second kappa shape index (κ2) is 8.27. The summed E-state index contributed by atoms with van der Waals surface area (Å²) >= 11 is 0. The van der Waals surface area contributed by atoms with E-state index in [0.717, 1.165) is 12.8 Å². The molecule has 170 valence electrons. The molecule has 10 heteroatoms. The number of aromatic amines is 1. The summed E-state index contributed by atoms with van der Waals surface area (Å²) in [4.78, 5) is 57.1. The van der Waals surface area contributed by atoms with Crippen molar-refractivity contribution in [2.75, 3.05) is 18.4 Å². The number of carbonyl (C=O) groups excluding carboxylic acids is 2. The van der Waals surface area contributed by atoms with Crippen molar-refractivity contribution >= 4 is 28.4 Å². The van der Waals surface area contributed by atoms with E-state index in [2.05, 4.69) is 15.3 Å². The minimum atomic E-state index is -0.838. The molecule has 33 heavy (non-hydrogen) atoms. The third kappa shape index (κ3) is 4.15. The molecule has 1 atom stereocenters. The third-order valence-corrected chi connectivity index (χ3v) is 6.20. The van der Waals surface area contributed by atoms with Gasteiger partial charge in [0.15, 0.2) is 0 Å². The number of rotatable bonds is 5. The number of hydrogen-bond acceptors (Lipinski definition) is 5. The molecule has 2 fully saturated rings. The van der Waals surface area contributed by atoms with Gasteiger partial charge in [-0.25, -0.2) is 9.78 Å². The van der Waals surface area contributed by atoms with Gasteiger partial charge in [0.25, 0.3) is 5.56 Å². The monoisotopic (exact) mass is 451 g/mol. The molecule has 1 aliphatic carbocycles. The number of fused-ring (bicyclic) bond motifs is 1. The van der Waals surface area contributed by atoms with Crippen LogP contribution in [0, 0.1) is 17.8 Å². The maximum Gasteiger partial charge on any atom is 0.329 e. The molecular formula is C23H22FN5O4. The number of anilines is 1. The number of nitrogens with zero attached hydrogens (tertiary/aromatic N) is 3. The molecule has 0 bridgehead atoms. The molecule has 2 aromatic heterocycles. The van der Waals surface area contributed by atoms with Crippen molar-refractivity contribution in [1.82, 2.24) is 19.4 Å². The van der Waals surface area contributed by atoms with Crippen LogP contribution < -0.4 is 16.6 Å². The van der Waals surface area contributed by atoms with Crippen LogP contribution >= 0.6 is 0 Å². The summed E-state index contributed by atoms with van der Waals surface area (Å²) in [6.07, 6.45) is 3.62. The maximum absolute atomic E-state index is 14.4. The number of aromatic nitrogens is 3. The molecule has 1 aromatic carbocycles. The summed E-state index contributed by atoms with van der Waals surface area (Å²) in [5.74, 6) is -1.43. The lowest BCUT2D eigenvalue weighted by molar-refractivity contribution is -0.131. The lowest BCUT2D eigenvalue weighted by atomic mass is 10.1. The van der Waals surface area contributed by atoms with Crippen molar-refractivity contribution in [2.45, 2.75) is 25.8 Å². The first kappa shape index (κ1) is 21.0. The minimum Gasteiger partial charge on any atom is -0.342 e. The van der Waals surface area contributed by atoms with E-state index in [1.54, 1.807) is 29.2 Å². The van der Waals surface area contributed by atoms with Crippen molar-refractivity contribution in [2.24, 2.45) is 11.8 Å². The zero-order valence-corrected chi connectivity index (χ0v) is 17.7. The highest BCUT2D eigenvalue weighted by atomic mass is 19.1. The Morgan fingerprint density at radius 2 is 1.94 bits per heavy atom. The number of amides is 2. The topological polar surface area (TPSA) is 117 Å². The number of hydrogen-bond donors (Lipinski definition) is 2. The number of pyridine rings is 1. The lowest BCUT2D eigenvalue weighted by Crippen LogP contribution is -2.32. The van der Waals surface area contributed by atoms with Crippen LogP contribution in [0.15, 0.2) is 46.1 Å². The van der Waals surface area contributed by atoms with E-state index < -0.39 is 23.1 Å². The molecule has 2 N–H and O–H groups in total. The van der Waals surface area contributed by atoms with E-state index >= 15 is 0 Å². The Hall–Kier alpha value is -3.82. The molecule has 9 nitrogen and oxygen atoms in total. The van der Waals surface area contributed by atoms with Crippen molar-refractivity contribution < 1.29 is 14.0 Å². The third-order valence-electron chi connectivity index (χ3n) is 6.20. The lowest BCUT2D eigenvalue weighted by Gasteiger charge is -2.16. The Balaban J connectivity index is 1.35. The summed E-state index contributed by atoms with van der Waals surface area (Å²) in [6, 6.07) is 8.10. The van der Waals surface area contributed by atoms with E-state index in [0.29, 0.717) is 36.0 Å². The highest BCUT2D eigenvalue weighted by molar-refractivity contribution is 5.93. The van der Waals surface area contributed by atoms with Crippen LogP contribution in [0.25, 0.3) is 10.9 Å². The first-order valence-electron chi connectivity index (χ1n) is 10.9. The van der Waals surface area contributed by atoms with Gasteiger partial charge in [-0.3, -0.25) is 23.9 Å². The van der Waals surface area contributed by atoms with Gasteiger partial charge in [0.05, 0.1) is 29.1 Å². The van der Waals surface area contributed by atoms with Gasteiger partial charge in [0.1, 0.15) is 0 Å². The second-order valence-corrected chi connectivity index (χ2v) is 8.58. The number of likely N-dealkylation sites (tertiary alicyclic amines) is 1. The number of nitrogens with one attached hydrogen (secondary N) is 2. The largest absolute Gasteiger partial charge is 0.342 e. The molecule has 5 rings (SSSR count). The van der Waals surface area contributed by atoms with Crippen LogP contribution in [0.1, 0.15) is 24.8 Å². The number of benzene rings is 1. The average molecular weight is 451 g/mol. The summed E-state index contributed by atoms with van der Waals surface area (Å²) < 4.78 is 15.7. The van der Waals surface area contributed by atoms with Crippen LogP contribution in [0.3, 0.4) is 0 Å². The van der Waals surface area contributed by atoms with Crippen molar-refractivity contribution in [3.8, 4) is 0 Å². The van der Waals surface area contributed by atoms with Gasteiger partial charge in [-0.15, -0.1) is 0 Å². The smallest absolute Gasteiger partial charge is 0.329 e. The highest BCUT2D eigenvalue weighted by Gasteiger charge is 2.38. The fourth-order valence-electron chi connectivity index (χ4n) is 4.25. The van der Waals surface area contributed by atoms with E-state index in [1.165, 1.54) is 16.8 Å². The van der Waals surface area contributed by atoms with Gasteiger partial charge in [-0.1, -0.05) is 12.1 Å². The summed E-state index contributed by atoms with van der Waals surface area (Å²) in [5, 5.41) is 2.94. The van der Waals surface area contributed by atoms with Gasteiger partial charge in [0, 0.05) is 25.2 Å². The Morgan fingerprint density at radius 3 is 2.73 bits per heavy atom. The van der Waals surface area contributed by atoms with Crippen molar-refractivity contribution in [3.63, 3.8) is 0 Å². The fraction of sp³-hybridized carbons (Fsp3) is 0.348. The van der Waals surface area contributed by atoms with Gasteiger partial charge in [-0.2, -0.15) is 4.39 Å². The summed E-state index contributed by atoms with van der Waals surface area (Å²) in [6.45, 7) is 0.879. The molecule has 0 radical (unpaired) electrons. The van der Waals surface area contributed by atoms with Gasteiger partial charge in [-0.05, 0) is 43.0 Å². The Bertz CT molecular complexity index is 1380. The van der Waals surface area contributed by atoms with Gasteiger partial charge in [0.2, 0.25) is 17.8 Å². The number of halogens is 1. The SMILES string of the molecule is O=C(Nc1cc(Cn2c(=O)[nH]c(=O)c3ccccc32)cnc1F)[C@H]1CCN(C(=O)C2CC2)C1. The molecule has 1 aliphatic heterocycles. The van der Waals surface area contributed by atoms with Gasteiger partial charge < -0.3 is 10.2 Å². The molecule has 3 aromatic rings. The minimum absolute atomic E-state index is 0.0272. The standard InChI is InChI=1S/C23H22FN5O4/c24-19-17(26-20(30)15-7-8-28(12-15)22(32)14-5-6-14)9-13(10-25-19)11-29-18-4-2-1-3-16(18)21(31)27-23(29)33/h1-4,9-10,14-15H,5-8,11-12H2,(H,26,30)(H,27,31,33)/t15-/m0/s1.